The molecule has 0 saturated carbocycles. The molecule has 0 aliphatic rings. The van der Waals surface area contributed by atoms with Gasteiger partial charge in [-0.15, -0.1) is 0 Å². The van der Waals surface area contributed by atoms with Gasteiger partial charge in [-0.25, -0.2) is 4.68 Å². The zero-order valence-corrected chi connectivity index (χ0v) is 11.5. The smallest absolute Gasteiger partial charge is 0.0657 e. The highest BCUT2D eigenvalue weighted by molar-refractivity contribution is 5.35. The molecule has 0 radical (unpaired) electrons. The van der Waals surface area contributed by atoms with Crippen molar-refractivity contribution >= 4 is 0 Å². The van der Waals surface area contributed by atoms with E-state index in [1.165, 1.54) is 0 Å². The molecule has 1 unspecified atom stereocenters. The zero-order valence-electron chi connectivity index (χ0n) is 11.5. The average molecular weight is 259 g/mol. The molecule has 3 N–H and O–H groups in total. The number of benzene rings is 1. The van der Waals surface area contributed by atoms with Crippen molar-refractivity contribution in [2.75, 3.05) is 13.2 Å². The summed E-state index contributed by atoms with van der Waals surface area (Å²) < 4.78 is 1.89. The van der Waals surface area contributed by atoms with E-state index >= 15 is 0 Å². The van der Waals surface area contributed by atoms with Crippen molar-refractivity contribution in [2.45, 2.75) is 25.7 Å². The van der Waals surface area contributed by atoms with Gasteiger partial charge in [-0.1, -0.05) is 32.0 Å². The Balaban J connectivity index is 2.51. The summed E-state index contributed by atoms with van der Waals surface area (Å²) in [7, 11) is 0. The second-order valence-electron chi connectivity index (χ2n) is 5.01. The Hall–Kier alpha value is -1.65. The number of hydrogen-bond acceptors (Lipinski definition) is 3. The zero-order chi connectivity index (χ0) is 13.8. The van der Waals surface area contributed by atoms with E-state index in [1.54, 1.807) is 0 Å². The molecular formula is C15H21N3O. The monoisotopic (exact) mass is 259 g/mol. The van der Waals surface area contributed by atoms with Gasteiger partial charge in [0.2, 0.25) is 0 Å². The number of aromatic nitrogens is 2. The van der Waals surface area contributed by atoms with Crippen LogP contribution in [0.3, 0.4) is 0 Å². The normalized spacial score (nSPS) is 12.9. The molecule has 19 heavy (non-hydrogen) atoms. The van der Waals surface area contributed by atoms with Gasteiger partial charge in [-0.2, -0.15) is 5.10 Å². The predicted octanol–water partition coefficient (Wildman–Crippen LogP) is 2.03. The van der Waals surface area contributed by atoms with Gasteiger partial charge < -0.3 is 10.8 Å². The van der Waals surface area contributed by atoms with Crippen LogP contribution in [-0.2, 0) is 0 Å². The quantitative estimate of drug-likeness (QED) is 0.863. The molecule has 0 amide bonds. The molecule has 0 spiro atoms. The summed E-state index contributed by atoms with van der Waals surface area (Å²) >= 11 is 0. The maximum Gasteiger partial charge on any atom is 0.0657 e. The maximum atomic E-state index is 9.48. The molecule has 0 bridgehead atoms. The number of hydrogen-bond donors (Lipinski definition) is 2. The van der Waals surface area contributed by atoms with Crippen molar-refractivity contribution in [3.63, 3.8) is 0 Å². The Morgan fingerprint density at radius 1 is 1.26 bits per heavy atom. The lowest BCUT2D eigenvalue weighted by Crippen LogP contribution is -2.19. The molecule has 1 heterocycles. The molecule has 0 saturated heterocycles. The standard InChI is InChI=1S/C15H21N3O/c1-11(2)14-8-15(12(9-16)10-19)18(17-14)13-6-4-3-5-7-13/h3-8,11-12,19H,9-10,16H2,1-2H3. The van der Waals surface area contributed by atoms with Gasteiger partial charge in [0.05, 0.1) is 23.7 Å². The van der Waals surface area contributed by atoms with Crippen molar-refractivity contribution in [3.05, 3.63) is 47.8 Å². The molecule has 2 aromatic rings. The first kappa shape index (κ1) is 13.8. The highest BCUT2D eigenvalue weighted by Gasteiger charge is 2.18. The van der Waals surface area contributed by atoms with Crippen LogP contribution in [0.1, 0.15) is 37.1 Å². The highest BCUT2D eigenvalue weighted by Crippen LogP contribution is 2.23. The average Bonchev–Trinajstić information content (AvgIpc) is 2.86. The van der Waals surface area contributed by atoms with Crippen molar-refractivity contribution in [2.24, 2.45) is 5.73 Å². The fourth-order valence-electron chi connectivity index (χ4n) is 2.05. The lowest BCUT2D eigenvalue weighted by molar-refractivity contribution is 0.264. The minimum atomic E-state index is -0.0831. The highest BCUT2D eigenvalue weighted by atomic mass is 16.3. The van der Waals surface area contributed by atoms with Crippen LogP contribution in [0.5, 0.6) is 0 Å². The fraction of sp³-hybridized carbons (Fsp3) is 0.400. The van der Waals surface area contributed by atoms with Crippen LogP contribution in [0.2, 0.25) is 0 Å². The van der Waals surface area contributed by atoms with E-state index in [0.29, 0.717) is 12.5 Å². The summed E-state index contributed by atoms with van der Waals surface area (Å²) in [5.74, 6) is 0.265. The summed E-state index contributed by atoms with van der Waals surface area (Å²) in [4.78, 5) is 0. The Morgan fingerprint density at radius 3 is 2.47 bits per heavy atom. The van der Waals surface area contributed by atoms with Crippen LogP contribution in [0.25, 0.3) is 5.69 Å². The Kier molecular flexibility index (Phi) is 4.35. The molecular weight excluding hydrogens is 238 g/mol. The Labute approximate surface area is 113 Å². The molecule has 4 nitrogen and oxygen atoms in total. The second-order valence-corrected chi connectivity index (χ2v) is 5.01. The van der Waals surface area contributed by atoms with Gasteiger partial charge in [-0.05, 0) is 24.1 Å². The van der Waals surface area contributed by atoms with Gasteiger partial charge >= 0.3 is 0 Å². The minimum Gasteiger partial charge on any atom is -0.396 e. The molecule has 1 atom stereocenters. The molecule has 1 aromatic carbocycles. The van der Waals surface area contributed by atoms with Gasteiger partial charge in [0.1, 0.15) is 0 Å². The third-order valence-corrected chi connectivity index (χ3v) is 3.27. The van der Waals surface area contributed by atoms with Crippen molar-refractivity contribution in [1.82, 2.24) is 9.78 Å². The first-order valence-corrected chi connectivity index (χ1v) is 6.63. The molecule has 2 rings (SSSR count). The van der Waals surface area contributed by atoms with Crippen LogP contribution in [0.4, 0.5) is 0 Å². The van der Waals surface area contributed by atoms with Crippen LogP contribution in [-0.4, -0.2) is 28.0 Å². The van der Waals surface area contributed by atoms with Crippen molar-refractivity contribution < 1.29 is 5.11 Å². The summed E-state index contributed by atoms with van der Waals surface area (Å²) in [5, 5.41) is 14.1. The third-order valence-electron chi connectivity index (χ3n) is 3.27. The Morgan fingerprint density at radius 2 is 1.95 bits per heavy atom. The first-order valence-electron chi connectivity index (χ1n) is 6.63. The van der Waals surface area contributed by atoms with Crippen LogP contribution < -0.4 is 5.73 Å². The predicted molar refractivity (Wildman–Crippen MR) is 76.5 cm³/mol. The maximum absolute atomic E-state index is 9.48. The number of nitrogens with two attached hydrogens (primary N) is 1. The molecule has 0 aliphatic heterocycles. The number of para-hydroxylation sites is 1. The van der Waals surface area contributed by atoms with Crippen molar-refractivity contribution in [1.29, 1.82) is 0 Å². The molecule has 0 fully saturated rings. The van der Waals surface area contributed by atoms with E-state index < -0.39 is 0 Å². The summed E-state index contributed by atoms with van der Waals surface area (Å²) in [6.07, 6.45) is 0. The van der Waals surface area contributed by atoms with Gasteiger partial charge in [0.15, 0.2) is 0 Å². The summed E-state index contributed by atoms with van der Waals surface area (Å²) in [6.45, 7) is 4.66. The lowest BCUT2D eigenvalue weighted by atomic mass is 10.0. The first-order chi connectivity index (χ1) is 9.17. The number of aliphatic hydroxyl groups excluding tert-OH is 1. The number of nitrogens with zero attached hydrogens (tertiary/aromatic N) is 2. The SMILES string of the molecule is CC(C)c1cc(C(CN)CO)n(-c2ccccc2)n1. The molecule has 102 valence electrons. The third kappa shape index (κ3) is 2.85. The van der Waals surface area contributed by atoms with E-state index in [1.807, 2.05) is 41.1 Å². The topological polar surface area (TPSA) is 64.1 Å². The van der Waals surface area contributed by atoms with E-state index in [9.17, 15) is 5.11 Å². The van der Waals surface area contributed by atoms with Crippen molar-refractivity contribution in [3.8, 4) is 5.69 Å². The number of rotatable bonds is 5. The second kappa shape index (κ2) is 5.99. The molecule has 0 aliphatic carbocycles. The van der Waals surface area contributed by atoms with E-state index in [2.05, 4.69) is 18.9 Å². The van der Waals surface area contributed by atoms with Gasteiger partial charge in [-0.3, -0.25) is 0 Å². The molecule has 1 aromatic heterocycles. The van der Waals surface area contributed by atoms with E-state index in [-0.39, 0.29) is 12.5 Å². The number of aliphatic hydroxyl groups is 1. The fourth-order valence-corrected chi connectivity index (χ4v) is 2.05. The lowest BCUT2D eigenvalue weighted by Gasteiger charge is -2.14. The van der Waals surface area contributed by atoms with E-state index in [4.69, 9.17) is 5.73 Å². The minimum absolute atomic E-state index is 0.0343. The Bertz CT molecular complexity index is 515. The van der Waals surface area contributed by atoms with E-state index in [0.717, 1.165) is 17.1 Å². The van der Waals surface area contributed by atoms with Gasteiger partial charge in [0.25, 0.3) is 0 Å². The van der Waals surface area contributed by atoms with Crippen LogP contribution in [0.15, 0.2) is 36.4 Å². The van der Waals surface area contributed by atoms with Crippen LogP contribution in [0, 0.1) is 0 Å². The largest absolute Gasteiger partial charge is 0.396 e. The van der Waals surface area contributed by atoms with Gasteiger partial charge in [0, 0.05) is 12.5 Å². The summed E-state index contributed by atoms with van der Waals surface area (Å²) in [5.41, 5.74) is 8.73. The summed E-state index contributed by atoms with van der Waals surface area (Å²) in [6, 6.07) is 12.0. The van der Waals surface area contributed by atoms with Crippen LogP contribution >= 0.6 is 0 Å². The molecule has 4 heteroatoms.